The molecule has 0 amide bonds. The number of rotatable bonds is 7. The molecule has 0 aliphatic carbocycles. The Morgan fingerprint density at radius 2 is 2.00 bits per heavy atom. The lowest BCUT2D eigenvalue weighted by molar-refractivity contribution is 0.173. The van der Waals surface area contributed by atoms with Crippen molar-refractivity contribution in [2.75, 3.05) is 4.72 Å². The molecule has 0 aliphatic heterocycles. The summed E-state index contributed by atoms with van der Waals surface area (Å²) in [6.07, 6.45) is -0.894. The van der Waals surface area contributed by atoms with Crippen LogP contribution in [0.25, 0.3) is 0 Å². The van der Waals surface area contributed by atoms with Crippen LogP contribution in [0.5, 0.6) is 0 Å². The maximum absolute atomic E-state index is 13.7. The van der Waals surface area contributed by atoms with Gasteiger partial charge in [-0.2, -0.15) is 0 Å². The molecule has 0 aliphatic rings. The molecule has 2 aromatic carbocycles. The van der Waals surface area contributed by atoms with Crippen molar-refractivity contribution in [2.24, 2.45) is 0 Å². The summed E-state index contributed by atoms with van der Waals surface area (Å²) in [4.78, 5) is 4.22. The number of hydrogen-bond donors (Lipinski definition) is 2. The predicted molar refractivity (Wildman–Crippen MR) is 109 cm³/mol. The molecule has 0 radical (unpaired) electrons. The summed E-state index contributed by atoms with van der Waals surface area (Å²) in [6, 6.07) is 7.75. The van der Waals surface area contributed by atoms with Gasteiger partial charge < -0.3 is 5.11 Å². The Morgan fingerprint density at radius 1 is 1.24 bits per heavy atom. The minimum atomic E-state index is -3.87. The van der Waals surface area contributed by atoms with Gasteiger partial charge in [0.2, 0.25) is 0 Å². The highest BCUT2D eigenvalue weighted by atomic mass is 35.5. The monoisotopic (exact) mass is 458 g/mol. The quantitative estimate of drug-likeness (QED) is 0.552. The Labute approximate surface area is 176 Å². The predicted octanol–water partition coefficient (Wildman–Crippen LogP) is 4.33. The molecule has 0 spiro atoms. The van der Waals surface area contributed by atoms with Gasteiger partial charge in [0.25, 0.3) is 10.0 Å². The number of aliphatic hydroxyl groups excluding tert-OH is 1. The second-order valence-corrected chi connectivity index (χ2v) is 9.33. The lowest BCUT2D eigenvalue weighted by atomic mass is 10.0. The average molecular weight is 459 g/mol. The van der Waals surface area contributed by atoms with Gasteiger partial charge in [-0.05, 0) is 36.2 Å². The Morgan fingerprint density at radius 3 is 2.72 bits per heavy atom. The summed E-state index contributed by atoms with van der Waals surface area (Å²) >= 11 is 7.06. The van der Waals surface area contributed by atoms with E-state index in [0.29, 0.717) is 16.3 Å². The molecule has 10 heteroatoms. The van der Waals surface area contributed by atoms with E-state index in [1.807, 2.05) is 0 Å². The zero-order valence-electron chi connectivity index (χ0n) is 15.2. The zero-order valence-corrected chi connectivity index (χ0v) is 17.6. The van der Waals surface area contributed by atoms with Crippen LogP contribution in [0.15, 0.2) is 46.7 Å². The van der Waals surface area contributed by atoms with Crippen molar-refractivity contribution in [3.63, 3.8) is 0 Å². The maximum atomic E-state index is 13.7. The third-order valence-electron chi connectivity index (χ3n) is 4.20. The molecule has 0 saturated heterocycles. The number of nitrogens with zero attached hydrogens (tertiary/aromatic N) is 1. The smallest absolute Gasteiger partial charge is 0.263 e. The third kappa shape index (κ3) is 5.30. The summed E-state index contributed by atoms with van der Waals surface area (Å²) in [5.41, 5.74) is 1.06. The molecule has 3 aromatic rings. The maximum Gasteiger partial charge on any atom is 0.263 e. The normalized spacial score (nSPS) is 12.7. The number of halogens is 3. The van der Waals surface area contributed by atoms with Gasteiger partial charge in [0.1, 0.15) is 11.6 Å². The van der Waals surface area contributed by atoms with Crippen molar-refractivity contribution < 1.29 is 22.3 Å². The lowest BCUT2D eigenvalue weighted by Gasteiger charge is -2.10. The number of thiazole rings is 1. The van der Waals surface area contributed by atoms with E-state index in [-0.39, 0.29) is 28.4 Å². The van der Waals surface area contributed by atoms with Crippen molar-refractivity contribution in [3.8, 4) is 0 Å². The highest BCUT2D eigenvalue weighted by Crippen LogP contribution is 2.26. The van der Waals surface area contributed by atoms with Crippen LogP contribution in [-0.2, 0) is 22.9 Å². The van der Waals surface area contributed by atoms with Crippen LogP contribution in [0.4, 0.5) is 13.9 Å². The first-order valence-corrected chi connectivity index (χ1v) is 11.2. The molecule has 2 N–H and O–H groups in total. The lowest BCUT2D eigenvalue weighted by Crippen LogP contribution is -2.16. The number of aromatic nitrogens is 1. The fourth-order valence-corrected chi connectivity index (χ4v) is 5.23. The van der Waals surface area contributed by atoms with E-state index >= 15 is 0 Å². The van der Waals surface area contributed by atoms with Gasteiger partial charge in [-0.15, -0.1) is 11.3 Å². The highest BCUT2D eigenvalue weighted by molar-refractivity contribution is 7.93. The van der Waals surface area contributed by atoms with E-state index in [0.717, 1.165) is 23.5 Å². The minimum Gasteiger partial charge on any atom is -0.392 e. The molecule has 0 saturated carbocycles. The number of sulfonamides is 1. The Balaban J connectivity index is 1.68. The molecular weight excluding hydrogens is 442 g/mol. The van der Waals surface area contributed by atoms with Crippen molar-refractivity contribution in [1.29, 1.82) is 0 Å². The van der Waals surface area contributed by atoms with E-state index in [9.17, 15) is 22.3 Å². The number of nitrogens with one attached hydrogen (secondary N) is 1. The molecule has 1 unspecified atom stereocenters. The van der Waals surface area contributed by atoms with E-state index in [1.54, 1.807) is 24.4 Å². The molecule has 1 heterocycles. The molecule has 1 aromatic heterocycles. The van der Waals surface area contributed by atoms with Gasteiger partial charge in [-0.3, -0.25) is 4.72 Å². The van der Waals surface area contributed by atoms with Crippen LogP contribution in [0.2, 0.25) is 5.02 Å². The molecule has 29 heavy (non-hydrogen) atoms. The van der Waals surface area contributed by atoms with Crippen LogP contribution in [0.1, 0.15) is 16.8 Å². The number of anilines is 1. The number of aliphatic hydroxyl groups is 1. The van der Waals surface area contributed by atoms with Crippen LogP contribution >= 0.6 is 22.9 Å². The first-order valence-electron chi connectivity index (χ1n) is 8.50. The van der Waals surface area contributed by atoms with E-state index in [2.05, 4.69) is 9.71 Å². The minimum absolute atomic E-state index is 0.0214. The summed E-state index contributed by atoms with van der Waals surface area (Å²) in [7, 11) is -3.87. The van der Waals surface area contributed by atoms with Gasteiger partial charge in [-0.1, -0.05) is 23.7 Å². The summed E-state index contributed by atoms with van der Waals surface area (Å²) < 4.78 is 54.2. The van der Waals surface area contributed by atoms with Gasteiger partial charge in [0, 0.05) is 29.3 Å². The summed E-state index contributed by atoms with van der Waals surface area (Å²) in [6.45, 7) is 1.61. The van der Waals surface area contributed by atoms with E-state index in [1.165, 1.54) is 12.1 Å². The average Bonchev–Trinajstić information content (AvgIpc) is 3.05. The fourth-order valence-electron chi connectivity index (χ4n) is 2.75. The molecule has 0 bridgehead atoms. The van der Waals surface area contributed by atoms with Gasteiger partial charge >= 0.3 is 0 Å². The van der Waals surface area contributed by atoms with Crippen LogP contribution in [-0.4, -0.2) is 24.6 Å². The topological polar surface area (TPSA) is 79.3 Å². The number of hydrogen-bond acceptors (Lipinski definition) is 5. The molecular formula is C19H17ClF2N2O3S2. The largest absolute Gasteiger partial charge is 0.392 e. The SMILES string of the molecule is Cc1c(Cl)cccc1S(=O)(=O)Nc1nc(CC(O)Cc2ccc(F)cc2F)cs1. The highest BCUT2D eigenvalue weighted by Gasteiger charge is 2.20. The van der Waals surface area contributed by atoms with Crippen molar-refractivity contribution in [2.45, 2.75) is 30.8 Å². The summed E-state index contributed by atoms with van der Waals surface area (Å²) in [5.74, 6) is -1.42. The molecule has 5 nitrogen and oxygen atoms in total. The molecule has 154 valence electrons. The Kier molecular flexibility index (Phi) is 6.52. The Bertz CT molecular complexity index is 1140. The Hall–Kier alpha value is -2.07. The van der Waals surface area contributed by atoms with Gasteiger partial charge in [0.15, 0.2) is 5.13 Å². The standard InChI is InChI=1S/C19H17ClF2N2O3S2/c1-11-16(20)3-2-4-18(11)29(26,27)24-19-23-14(10-28-19)9-15(25)7-12-5-6-13(21)8-17(12)22/h2-6,8,10,15,25H,7,9H2,1H3,(H,23,24). The second kappa shape index (κ2) is 8.74. The van der Waals surface area contributed by atoms with E-state index in [4.69, 9.17) is 11.6 Å². The third-order valence-corrected chi connectivity index (χ3v) is 7.02. The van der Waals surface area contributed by atoms with Crippen molar-refractivity contribution in [1.82, 2.24) is 4.98 Å². The van der Waals surface area contributed by atoms with Gasteiger partial charge in [-0.25, -0.2) is 22.2 Å². The van der Waals surface area contributed by atoms with Crippen LogP contribution in [0.3, 0.4) is 0 Å². The molecule has 0 fully saturated rings. The van der Waals surface area contributed by atoms with Crippen LogP contribution < -0.4 is 4.72 Å². The van der Waals surface area contributed by atoms with E-state index < -0.39 is 27.8 Å². The van der Waals surface area contributed by atoms with Crippen LogP contribution in [0, 0.1) is 18.6 Å². The van der Waals surface area contributed by atoms with Crippen molar-refractivity contribution >= 4 is 38.1 Å². The number of benzene rings is 2. The van der Waals surface area contributed by atoms with Crippen molar-refractivity contribution in [3.05, 3.63) is 75.3 Å². The molecule has 3 rings (SSSR count). The summed E-state index contributed by atoms with van der Waals surface area (Å²) in [5, 5.41) is 12.3. The fraction of sp³-hybridized carbons (Fsp3) is 0.211. The first kappa shape index (κ1) is 21.6. The zero-order chi connectivity index (χ0) is 21.2. The van der Waals surface area contributed by atoms with Gasteiger partial charge in [0.05, 0.1) is 16.7 Å². The molecule has 1 atom stereocenters. The first-order chi connectivity index (χ1) is 13.7. The second-order valence-electron chi connectivity index (χ2n) is 6.41.